The number of hydrogen-bond donors (Lipinski definition) is 0. The van der Waals surface area contributed by atoms with Crippen LogP contribution in [0, 0.1) is 0 Å². The van der Waals surface area contributed by atoms with Gasteiger partial charge in [-0.2, -0.15) is 5.10 Å². The van der Waals surface area contributed by atoms with E-state index in [0.29, 0.717) is 9.23 Å². The summed E-state index contributed by atoms with van der Waals surface area (Å²) in [6.07, 6.45) is 8.36. The van der Waals surface area contributed by atoms with Gasteiger partial charge in [-0.05, 0) is 31.1 Å². The molecule has 0 bridgehead atoms. The van der Waals surface area contributed by atoms with Gasteiger partial charge in [0.2, 0.25) is 0 Å². The van der Waals surface area contributed by atoms with Crippen LogP contribution < -0.4 is 0 Å². The lowest BCUT2D eigenvalue weighted by atomic mass is 10.1. The Hall–Kier alpha value is -2.70. The minimum Gasteiger partial charge on any atom is -0.290 e. The molecule has 150 valence electrons. The Bertz CT molecular complexity index is 1120. The van der Waals surface area contributed by atoms with Crippen molar-refractivity contribution in [3.63, 3.8) is 0 Å². The highest BCUT2D eigenvalue weighted by Gasteiger charge is 2.38. The van der Waals surface area contributed by atoms with Crippen LogP contribution in [0.5, 0.6) is 0 Å². The van der Waals surface area contributed by atoms with Crippen LogP contribution in [0.1, 0.15) is 31.2 Å². The smallest absolute Gasteiger partial charge is 0.266 e. The molecule has 6 heteroatoms. The number of thioether (sulfide) groups is 1. The maximum absolute atomic E-state index is 13.2. The number of para-hydroxylation sites is 1. The molecule has 0 atom stereocenters. The molecule has 1 saturated heterocycles. The minimum atomic E-state index is 0.0309. The Balaban J connectivity index is 1.56. The van der Waals surface area contributed by atoms with E-state index in [1.165, 1.54) is 24.6 Å². The second-order valence-corrected chi connectivity index (χ2v) is 9.24. The first-order valence-corrected chi connectivity index (χ1v) is 11.4. The molecular weight excluding hydrogens is 410 g/mol. The second kappa shape index (κ2) is 8.20. The van der Waals surface area contributed by atoms with E-state index in [1.54, 1.807) is 0 Å². The Morgan fingerprint density at radius 2 is 1.67 bits per heavy atom. The van der Waals surface area contributed by atoms with Gasteiger partial charge in [-0.3, -0.25) is 9.69 Å². The average molecular weight is 432 g/mol. The average Bonchev–Trinajstić information content (AvgIpc) is 3.50. The van der Waals surface area contributed by atoms with E-state index in [0.717, 1.165) is 35.3 Å². The summed E-state index contributed by atoms with van der Waals surface area (Å²) in [5, 5.41) is 4.84. The molecule has 0 N–H and O–H groups in total. The van der Waals surface area contributed by atoms with E-state index in [-0.39, 0.29) is 11.9 Å². The third-order valence-corrected chi connectivity index (χ3v) is 6.94. The largest absolute Gasteiger partial charge is 0.290 e. The van der Waals surface area contributed by atoms with Gasteiger partial charge in [0.25, 0.3) is 5.91 Å². The Labute approximate surface area is 185 Å². The van der Waals surface area contributed by atoms with E-state index in [2.05, 4.69) is 0 Å². The maximum atomic E-state index is 13.2. The molecule has 2 fully saturated rings. The third kappa shape index (κ3) is 3.61. The SMILES string of the molecule is O=C1C(=Cc2cn(-c3ccccc3)nc2-c2ccccc2)SC(=S)N1C1CCCC1. The Kier molecular flexibility index (Phi) is 5.27. The number of carbonyl (C=O) groups excluding carboxylic acids is 1. The lowest BCUT2D eigenvalue weighted by Crippen LogP contribution is -2.36. The lowest BCUT2D eigenvalue weighted by Gasteiger charge is -2.21. The van der Waals surface area contributed by atoms with Crippen molar-refractivity contribution in [1.82, 2.24) is 14.7 Å². The van der Waals surface area contributed by atoms with E-state index in [4.69, 9.17) is 17.3 Å². The van der Waals surface area contributed by atoms with Gasteiger partial charge in [0, 0.05) is 23.4 Å². The molecule has 0 spiro atoms. The van der Waals surface area contributed by atoms with Crippen molar-refractivity contribution >= 4 is 40.3 Å². The lowest BCUT2D eigenvalue weighted by molar-refractivity contribution is -0.123. The highest BCUT2D eigenvalue weighted by Crippen LogP contribution is 2.38. The molecule has 1 aliphatic carbocycles. The van der Waals surface area contributed by atoms with Gasteiger partial charge in [0.15, 0.2) is 0 Å². The summed E-state index contributed by atoms with van der Waals surface area (Å²) in [6, 6.07) is 20.3. The van der Waals surface area contributed by atoms with Crippen molar-refractivity contribution in [3.8, 4) is 16.9 Å². The normalized spacial score (nSPS) is 18.7. The molecule has 2 aliphatic rings. The minimum absolute atomic E-state index is 0.0309. The van der Waals surface area contributed by atoms with Crippen molar-refractivity contribution in [3.05, 3.63) is 77.3 Å². The van der Waals surface area contributed by atoms with Gasteiger partial charge in [-0.15, -0.1) is 0 Å². The monoisotopic (exact) mass is 431 g/mol. The zero-order valence-electron chi connectivity index (χ0n) is 16.4. The maximum Gasteiger partial charge on any atom is 0.266 e. The van der Waals surface area contributed by atoms with Crippen molar-refractivity contribution in [2.45, 2.75) is 31.7 Å². The number of rotatable bonds is 4. The van der Waals surface area contributed by atoms with Crippen LogP contribution in [0.15, 0.2) is 71.8 Å². The quantitative estimate of drug-likeness (QED) is 0.393. The van der Waals surface area contributed by atoms with Crippen molar-refractivity contribution < 1.29 is 4.79 Å². The molecule has 1 aliphatic heterocycles. The van der Waals surface area contributed by atoms with Gasteiger partial charge in [0.05, 0.1) is 16.3 Å². The van der Waals surface area contributed by atoms with Gasteiger partial charge in [-0.25, -0.2) is 4.68 Å². The third-order valence-electron chi connectivity index (χ3n) is 5.61. The number of nitrogens with zero attached hydrogens (tertiary/aromatic N) is 3. The highest BCUT2D eigenvalue weighted by atomic mass is 32.2. The number of hydrogen-bond acceptors (Lipinski definition) is 4. The zero-order valence-corrected chi connectivity index (χ0v) is 18.0. The van der Waals surface area contributed by atoms with E-state index in [1.807, 2.05) is 82.5 Å². The van der Waals surface area contributed by atoms with Crippen LogP contribution >= 0.6 is 24.0 Å². The van der Waals surface area contributed by atoms with Crippen LogP contribution in [-0.2, 0) is 4.79 Å². The van der Waals surface area contributed by atoms with Crippen LogP contribution in [0.25, 0.3) is 23.0 Å². The van der Waals surface area contributed by atoms with Crippen LogP contribution in [0.4, 0.5) is 0 Å². The predicted octanol–water partition coefficient (Wildman–Crippen LogP) is 5.68. The van der Waals surface area contributed by atoms with Gasteiger partial charge in [0.1, 0.15) is 4.32 Å². The number of aromatic nitrogens is 2. The number of carbonyl (C=O) groups is 1. The molecule has 4 nitrogen and oxygen atoms in total. The summed E-state index contributed by atoms with van der Waals surface area (Å²) in [7, 11) is 0. The van der Waals surface area contributed by atoms with E-state index in [9.17, 15) is 4.79 Å². The Morgan fingerprint density at radius 1 is 1.00 bits per heavy atom. The van der Waals surface area contributed by atoms with Crippen LogP contribution in [-0.4, -0.2) is 30.9 Å². The van der Waals surface area contributed by atoms with Gasteiger partial charge in [-0.1, -0.05) is 85.4 Å². The molecule has 1 aromatic heterocycles. The number of amides is 1. The van der Waals surface area contributed by atoms with Crippen molar-refractivity contribution in [1.29, 1.82) is 0 Å². The zero-order chi connectivity index (χ0) is 20.5. The van der Waals surface area contributed by atoms with E-state index < -0.39 is 0 Å². The summed E-state index contributed by atoms with van der Waals surface area (Å²) < 4.78 is 2.54. The molecule has 5 rings (SSSR count). The van der Waals surface area contributed by atoms with Crippen molar-refractivity contribution in [2.24, 2.45) is 0 Å². The van der Waals surface area contributed by atoms with Crippen LogP contribution in [0.2, 0.25) is 0 Å². The molecule has 1 saturated carbocycles. The topological polar surface area (TPSA) is 38.1 Å². The van der Waals surface area contributed by atoms with Gasteiger partial charge < -0.3 is 0 Å². The molecule has 2 aromatic carbocycles. The standard InChI is InChI=1S/C24H21N3OS2/c28-23-21(30-24(29)27(23)20-13-7-8-14-20)15-18-16-26(19-11-5-2-6-12-19)25-22(18)17-9-3-1-4-10-17/h1-6,9-12,15-16,20H,7-8,13-14H2. The molecule has 0 unspecified atom stereocenters. The summed E-state index contributed by atoms with van der Waals surface area (Å²) in [5.41, 5.74) is 3.76. The summed E-state index contributed by atoms with van der Waals surface area (Å²) in [5.74, 6) is 0.0309. The molecule has 2 heterocycles. The second-order valence-electron chi connectivity index (χ2n) is 7.57. The summed E-state index contributed by atoms with van der Waals surface area (Å²) >= 11 is 6.97. The molecule has 0 radical (unpaired) electrons. The fourth-order valence-electron chi connectivity index (χ4n) is 4.12. The first-order valence-electron chi connectivity index (χ1n) is 10.2. The number of benzene rings is 2. The van der Waals surface area contributed by atoms with Crippen LogP contribution in [0.3, 0.4) is 0 Å². The molecule has 30 heavy (non-hydrogen) atoms. The molecule has 3 aromatic rings. The first-order chi connectivity index (χ1) is 14.7. The highest BCUT2D eigenvalue weighted by molar-refractivity contribution is 8.26. The first kappa shape index (κ1) is 19.3. The van der Waals surface area contributed by atoms with Gasteiger partial charge >= 0.3 is 0 Å². The molecular formula is C24H21N3OS2. The Morgan fingerprint density at radius 3 is 2.37 bits per heavy atom. The summed E-state index contributed by atoms with van der Waals surface area (Å²) in [6.45, 7) is 0. The molecule has 1 amide bonds. The van der Waals surface area contributed by atoms with E-state index >= 15 is 0 Å². The van der Waals surface area contributed by atoms with Crippen molar-refractivity contribution in [2.75, 3.05) is 0 Å². The number of thiocarbonyl (C=S) groups is 1. The fourth-order valence-corrected chi connectivity index (χ4v) is 5.52. The summed E-state index contributed by atoms with van der Waals surface area (Å²) in [4.78, 5) is 15.7. The fraction of sp³-hybridized carbons (Fsp3) is 0.208. The predicted molar refractivity (Wildman–Crippen MR) is 126 cm³/mol.